The molecule has 1 aromatic carbocycles. The summed E-state index contributed by atoms with van der Waals surface area (Å²) in [6, 6.07) is 8.25. The van der Waals surface area contributed by atoms with E-state index in [4.69, 9.17) is 4.74 Å². The Morgan fingerprint density at radius 2 is 2.25 bits per heavy atom. The highest BCUT2D eigenvalue weighted by molar-refractivity contribution is 7.99. The summed E-state index contributed by atoms with van der Waals surface area (Å²) in [4.78, 5) is 15.7. The second-order valence-corrected chi connectivity index (χ2v) is 6.53. The van der Waals surface area contributed by atoms with Crippen molar-refractivity contribution in [2.75, 3.05) is 23.8 Å². The van der Waals surface area contributed by atoms with Gasteiger partial charge in [0.1, 0.15) is 0 Å². The first-order valence-electron chi connectivity index (χ1n) is 7.48. The van der Waals surface area contributed by atoms with Gasteiger partial charge in [0.15, 0.2) is 0 Å². The first-order valence-corrected chi connectivity index (χ1v) is 8.47. The molecule has 1 amide bonds. The summed E-state index contributed by atoms with van der Waals surface area (Å²) >= 11 is 1.86. The Balaban J connectivity index is 1.67. The van der Waals surface area contributed by atoms with Crippen LogP contribution in [0.4, 0.5) is 5.69 Å². The van der Waals surface area contributed by atoms with Crippen LogP contribution >= 0.6 is 11.8 Å². The quantitative estimate of drug-likeness (QED) is 0.854. The zero-order chi connectivity index (χ0) is 13.8. The summed E-state index contributed by atoms with van der Waals surface area (Å²) in [6.07, 6.45) is 5.08. The van der Waals surface area contributed by atoms with Crippen LogP contribution in [-0.2, 0) is 9.53 Å². The fourth-order valence-corrected chi connectivity index (χ4v) is 3.87. The van der Waals surface area contributed by atoms with E-state index < -0.39 is 0 Å². The van der Waals surface area contributed by atoms with Crippen LogP contribution in [0.1, 0.15) is 32.1 Å². The van der Waals surface area contributed by atoms with Crippen molar-refractivity contribution in [3.05, 3.63) is 24.3 Å². The van der Waals surface area contributed by atoms with E-state index in [1.165, 1.54) is 4.90 Å². The van der Waals surface area contributed by atoms with Crippen molar-refractivity contribution in [1.29, 1.82) is 0 Å². The summed E-state index contributed by atoms with van der Waals surface area (Å²) in [7, 11) is 0. The highest BCUT2D eigenvalue weighted by Crippen LogP contribution is 2.34. The number of ether oxygens (including phenoxy) is 1. The van der Waals surface area contributed by atoms with Gasteiger partial charge in [-0.2, -0.15) is 0 Å². The number of anilines is 1. The van der Waals surface area contributed by atoms with Crippen molar-refractivity contribution in [2.45, 2.75) is 43.1 Å². The summed E-state index contributed by atoms with van der Waals surface area (Å²) < 4.78 is 5.61. The van der Waals surface area contributed by atoms with Crippen molar-refractivity contribution in [3.63, 3.8) is 0 Å². The Hall–Kier alpha value is -1.00. The molecule has 2 aliphatic rings. The van der Waals surface area contributed by atoms with Gasteiger partial charge in [-0.1, -0.05) is 12.1 Å². The Bertz CT molecular complexity index is 471. The lowest BCUT2D eigenvalue weighted by molar-refractivity contribution is -0.119. The number of amides is 1. The molecule has 0 bridgehead atoms. The van der Waals surface area contributed by atoms with E-state index in [2.05, 4.69) is 12.1 Å². The normalized spacial score (nSPS) is 22.4. The third-order valence-corrected chi connectivity index (χ3v) is 5.09. The van der Waals surface area contributed by atoms with Crippen LogP contribution in [0, 0.1) is 0 Å². The zero-order valence-corrected chi connectivity index (χ0v) is 12.5. The van der Waals surface area contributed by atoms with Crippen LogP contribution in [0.2, 0.25) is 0 Å². The second-order valence-electron chi connectivity index (χ2n) is 5.39. The Morgan fingerprint density at radius 3 is 3.10 bits per heavy atom. The van der Waals surface area contributed by atoms with Crippen LogP contribution in [-0.4, -0.2) is 30.9 Å². The van der Waals surface area contributed by atoms with Crippen LogP contribution in [0.15, 0.2) is 29.2 Å². The maximum atomic E-state index is 12.5. The van der Waals surface area contributed by atoms with Crippen molar-refractivity contribution < 1.29 is 9.53 Å². The van der Waals surface area contributed by atoms with E-state index in [1.807, 2.05) is 28.8 Å². The van der Waals surface area contributed by atoms with Gasteiger partial charge in [-0.25, -0.2) is 0 Å². The van der Waals surface area contributed by atoms with E-state index in [-0.39, 0.29) is 5.91 Å². The van der Waals surface area contributed by atoms with Crippen LogP contribution < -0.4 is 4.90 Å². The third kappa shape index (κ3) is 3.18. The number of benzene rings is 1. The molecule has 4 heteroatoms. The summed E-state index contributed by atoms with van der Waals surface area (Å²) in [6.45, 7) is 1.70. The monoisotopic (exact) mass is 291 g/mol. The molecular weight excluding hydrogens is 270 g/mol. The van der Waals surface area contributed by atoms with E-state index in [1.54, 1.807) is 0 Å². The SMILES string of the molecule is O=C(CCC1CCCO1)N1CCCSc2ccccc21. The predicted octanol–water partition coefficient (Wildman–Crippen LogP) is 3.47. The summed E-state index contributed by atoms with van der Waals surface area (Å²) in [5, 5.41) is 0. The average Bonchev–Trinajstić information content (AvgIpc) is 2.90. The fourth-order valence-electron chi connectivity index (χ4n) is 2.88. The number of hydrogen-bond acceptors (Lipinski definition) is 3. The van der Waals surface area contributed by atoms with Gasteiger partial charge in [0.2, 0.25) is 5.91 Å². The highest BCUT2D eigenvalue weighted by atomic mass is 32.2. The van der Waals surface area contributed by atoms with Gasteiger partial charge in [0, 0.05) is 24.5 Å². The molecule has 2 heterocycles. The van der Waals surface area contributed by atoms with Crippen LogP contribution in [0.5, 0.6) is 0 Å². The van der Waals surface area contributed by atoms with Crippen molar-refractivity contribution >= 4 is 23.4 Å². The number of hydrogen-bond donors (Lipinski definition) is 0. The number of nitrogens with zero attached hydrogens (tertiary/aromatic N) is 1. The number of carbonyl (C=O) groups excluding carboxylic acids is 1. The summed E-state index contributed by atoms with van der Waals surface area (Å²) in [5.41, 5.74) is 1.09. The van der Waals surface area contributed by atoms with E-state index in [9.17, 15) is 4.79 Å². The lowest BCUT2D eigenvalue weighted by atomic mass is 10.1. The maximum Gasteiger partial charge on any atom is 0.227 e. The molecule has 2 aliphatic heterocycles. The largest absolute Gasteiger partial charge is 0.378 e. The minimum atomic E-state index is 0.246. The van der Waals surface area contributed by atoms with Crippen molar-refractivity contribution in [3.8, 4) is 0 Å². The van der Waals surface area contributed by atoms with Gasteiger partial charge >= 0.3 is 0 Å². The number of fused-ring (bicyclic) bond motifs is 1. The van der Waals surface area contributed by atoms with Crippen molar-refractivity contribution in [1.82, 2.24) is 0 Å². The minimum absolute atomic E-state index is 0.246. The van der Waals surface area contributed by atoms with Gasteiger partial charge in [-0.3, -0.25) is 4.79 Å². The molecule has 1 atom stereocenters. The van der Waals surface area contributed by atoms with Gasteiger partial charge < -0.3 is 9.64 Å². The molecule has 0 aromatic heterocycles. The van der Waals surface area contributed by atoms with Crippen LogP contribution in [0.25, 0.3) is 0 Å². The predicted molar refractivity (Wildman–Crippen MR) is 82.3 cm³/mol. The first-order chi connectivity index (χ1) is 9.84. The van der Waals surface area contributed by atoms with Gasteiger partial charge in [-0.05, 0) is 43.6 Å². The molecular formula is C16H21NO2S. The topological polar surface area (TPSA) is 29.5 Å². The van der Waals surface area contributed by atoms with Gasteiger partial charge in [0.05, 0.1) is 11.8 Å². The fraction of sp³-hybridized carbons (Fsp3) is 0.562. The molecule has 20 heavy (non-hydrogen) atoms. The zero-order valence-electron chi connectivity index (χ0n) is 11.7. The van der Waals surface area contributed by atoms with Gasteiger partial charge in [0.25, 0.3) is 0 Å². The minimum Gasteiger partial charge on any atom is -0.378 e. The molecule has 0 aliphatic carbocycles. The van der Waals surface area contributed by atoms with E-state index in [0.717, 1.165) is 50.3 Å². The molecule has 0 spiro atoms. The molecule has 0 saturated carbocycles. The molecule has 1 unspecified atom stereocenters. The Labute approximate surface area is 124 Å². The molecule has 108 valence electrons. The molecule has 0 N–H and O–H groups in total. The number of rotatable bonds is 3. The smallest absolute Gasteiger partial charge is 0.227 e. The maximum absolute atomic E-state index is 12.5. The third-order valence-electron chi connectivity index (χ3n) is 3.94. The molecule has 0 radical (unpaired) electrons. The molecule has 3 nitrogen and oxygen atoms in total. The lowest BCUT2D eigenvalue weighted by Gasteiger charge is -2.23. The highest BCUT2D eigenvalue weighted by Gasteiger charge is 2.23. The van der Waals surface area contributed by atoms with Crippen molar-refractivity contribution in [2.24, 2.45) is 0 Å². The number of para-hydroxylation sites is 1. The molecule has 1 saturated heterocycles. The summed E-state index contributed by atoms with van der Waals surface area (Å²) in [5.74, 6) is 1.34. The van der Waals surface area contributed by atoms with E-state index >= 15 is 0 Å². The average molecular weight is 291 g/mol. The number of thioether (sulfide) groups is 1. The van der Waals surface area contributed by atoms with Gasteiger partial charge in [-0.15, -0.1) is 11.8 Å². The molecule has 1 aromatic rings. The molecule has 1 fully saturated rings. The van der Waals surface area contributed by atoms with E-state index in [0.29, 0.717) is 12.5 Å². The van der Waals surface area contributed by atoms with Crippen LogP contribution in [0.3, 0.4) is 0 Å². The Kier molecular flexibility index (Phi) is 4.63. The lowest BCUT2D eigenvalue weighted by Crippen LogP contribution is -2.32. The Morgan fingerprint density at radius 1 is 1.35 bits per heavy atom. The first kappa shape index (κ1) is 14.0. The second kappa shape index (κ2) is 6.64. The number of carbonyl (C=O) groups is 1. The standard InChI is InChI=1S/C16H21NO2S/c18-16(9-8-13-5-3-11-19-13)17-10-4-12-20-15-7-2-1-6-14(15)17/h1-2,6-7,13H,3-5,8-12H2. The molecule has 3 rings (SSSR count).